The van der Waals surface area contributed by atoms with Gasteiger partial charge in [-0.3, -0.25) is 9.67 Å². The molecule has 0 aliphatic rings. The van der Waals surface area contributed by atoms with E-state index in [1.165, 1.54) is 11.8 Å². The molecule has 7 nitrogen and oxygen atoms in total. The van der Waals surface area contributed by atoms with E-state index in [-0.39, 0.29) is 11.8 Å². The van der Waals surface area contributed by atoms with E-state index < -0.39 is 9.84 Å². The first-order valence-electron chi connectivity index (χ1n) is 8.56. The fourth-order valence-corrected chi connectivity index (χ4v) is 3.21. The van der Waals surface area contributed by atoms with Crippen molar-refractivity contribution in [1.82, 2.24) is 20.4 Å². The van der Waals surface area contributed by atoms with Crippen molar-refractivity contribution in [3.05, 3.63) is 53.9 Å². The van der Waals surface area contributed by atoms with Gasteiger partial charge < -0.3 is 10.6 Å². The highest BCUT2D eigenvalue weighted by molar-refractivity contribution is 7.90. The van der Waals surface area contributed by atoms with Gasteiger partial charge in [0.25, 0.3) is 0 Å². The Morgan fingerprint density at radius 1 is 1.27 bits per heavy atom. The number of aromatic nitrogens is 2. The molecule has 0 saturated carbocycles. The molecule has 0 aliphatic heterocycles. The SMILES string of the molecule is CN=C(NCc1cnn(Cc2ccccc2)c1)NC(C)CCS(C)(=O)=O. The van der Waals surface area contributed by atoms with Gasteiger partial charge in [0.05, 0.1) is 18.5 Å². The lowest BCUT2D eigenvalue weighted by molar-refractivity contribution is 0.581. The van der Waals surface area contributed by atoms with E-state index in [4.69, 9.17) is 0 Å². The van der Waals surface area contributed by atoms with Gasteiger partial charge in [0.1, 0.15) is 9.84 Å². The Balaban J connectivity index is 1.81. The number of aliphatic imine (C=N–C) groups is 1. The summed E-state index contributed by atoms with van der Waals surface area (Å²) in [6.07, 6.45) is 5.62. The number of hydrogen-bond acceptors (Lipinski definition) is 4. The Labute approximate surface area is 155 Å². The third-order valence-electron chi connectivity index (χ3n) is 3.86. The van der Waals surface area contributed by atoms with Crippen LogP contribution in [0.15, 0.2) is 47.7 Å². The molecule has 2 rings (SSSR count). The molecular weight excluding hydrogens is 350 g/mol. The standard InChI is InChI=1S/C18H27N5O2S/c1-15(9-10-26(3,24)25)22-18(19-2)20-11-17-12-21-23(14-17)13-16-7-5-4-6-8-16/h4-8,12,14-15H,9-11,13H2,1-3H3,(H2,19,20,22). The second-order valence-electron chi connectivity index (χ2n) is 6.42. The van der Waals surface area contributed by atoms with Crippen LogP contribution >= 0.6 is 0 Å². The molecule has 1 aromatic heterocycles. The normalized spacial score (nSPS) is 13.4. The van der Waals surface area contributed by atoms with Gasteiger partial charge >= 0.3 is 0 Å². The molecule has 142 valence electrons. The summed E-state index contributed by atoms with van der Waals surface area (Å²) in [5.41, 5.74) is 2.25. The van der Waals surface area contributed by atoms with Crippen molar-refractivity contribution in [3.63, 3.8) is 0 Å². The van der Waals surface area contributed by atoms with Crippen LogP contribution in [0.3, 0.4) is 0 Å². The minimum atomic E-state index is -2.95. The maximum atomic E-state index is 11.3. The van der Waals surface area contributed by atoms with Crippen molar-refractivity contribution in [2.75, 3.05) is 19.1 Å². The van der Waals surface area contributed by atoms with Gasteiger partial charge in [0.15, 0.2) is 5.96 Å². The van der Waals surface area contributed by atoms with Crippen molar-refractivity contribution in [2.45, 2.75) is 32.5 Å². The first kappa shape index (κ1) is 20.0. The van der Waals surface area contributed by atoms with E-state index in [1.807, 2.05) is 42.2 Å². The lowest BCUT2D eigenvalue weighted by atomic mass is 10.2. The number of hydrogen-bond donors (Lipinski definition) is 2. The number of rotatable bonds is 8. The van der Waals surface area contributed by atoms with E-state index in [1.54, 1.807) is 7.05 Å². The predicted molar refractivity (Wildman–Crippen MR) is 105 cm³/mol. The van der Waals surface area contributed by atoms with E-state index in [2.05, 4.69) is 32.9 Å². The zero-order valence-corrected chi connectivity index (χ0v) is 16.3. The van der Waals surface area contributed by atoms with E-state index in [9.17, 15) is 8.42 Å². The molecule has 0 fully saturated rings. The fourth-order valence-electron chi connectivity index (χ4n) is 2.43. The van der Waals surface area contributed by atoms with Crippen LogP contribution in [-0.2, 0) is 22.9 Å². The topological polar surface area (TPSA) is 88.4 Å². The van der Waals surface area contributed by atoms with Crippen LogP contribution < -0.4 is 10.6 Å². The molecule has 2 aromatic rings. The van der Waals surface area contributed by atoms with Crippen LogP contribution in [0.2, 0.25) is 0 Å². The maximum absolute atomic E-state index is 11.3. The highest BCUT2D eigenvalue weighted by Crippen LogP contribution is 2.04. The molecule has 0 spiro atoms. The fraction of sp³-hybridized carbons (Fsp3) is 0.444. The average molecular weight is 378 g/mol. The molecule has 0 saturated heterocycles. The molecule has 1 heterocycles. The first-order chi connectivity index (χ1) is 12.4. The van der Waals surface area contributed by atoms with Crippen molar-refractivity contribution in [2.24, 2.45) is 4.99 Å². The summed E-state index contributed by atoms with van der Waals surface area (Å²) in [5.74, 6) is 0.798. The van der Waals surface area contributed by atoms with Crippen molar-refractivity contribution < 1.29 is 8.42 Å². The molecule has 0 amide bonds. The van der Waals surface area contributed by atoms with E-state index in [0.717, 1.165) is 12.1 Å². The number of sulfone groups is 1. The second kappa shape index (κ2) is 9.38. The average Bonchev–Trinajstić information content (AvgIpc) is 3.04. The van der Waals surface area contributed by atoms with Crippen LogP contribution in [0.4, 0.5) is 0 Å². The molecular formula is C18H27N5O2S. The third-order valence-corrected chi connectivity index (χ3v) is 4.84. The number of nitrogens with zero attached hydrogens (tertiary/aromatic N) is 3. The number of nitrogens with one attached hydrogen (secondary N) is 2. The molecule has 2 N–H and O–H groups in total. The van der Waals surface area contributed by atoms with Crippen LogP contribution in [0.5, 0.6) is 0 Å². The minimum Gasteiger partial charge on any atom is -0.354 e. The Morgan fingerprint density at radius 3 is 2.65 bits per heavy atom. The monoisotopic (exact) mass is 377 g/mol. The van der Waals surface area contributed by atoms with Crippen LogP contribution in [0.25, 0.3) is 0 Å². The largest absolute Gasteiger partial charge is 0.354 e. The minimum absolute atomic E-state index is 0.0109. The molecule has 1 aromatic carbocycles. The van der Waals surface area contributed by atoms with E-state index in [0.29, 0.717) is 18.9 Å². The van der Waals surface area contributed by atoms with Crippen molar-refractivity contribution in [1.29, 1.82) is 0 Å². The summed E-state index contributed by atoms with van der Waals surface area (Å²) in [4.78, 5) is 4.18. The summed E-state index contributed by atoms with van der Waals surface area (Å²) in [6.45, 7) is 3.26. The van der Waals surface area contributed by atoms with E-state index >= 15 is 0 Å². The Kier molecular flexibility index (Phi) is 7.20. The molecule has 8 heteroatoms. The van der Waals surface area contributed by atoms with Crippen molar-refractivity contribution >= 4 is 15.8 Å². The Bertz CT molecular complexity index is 815. The smallest absolute Gasteiger partial charge is 0.191 e. The molecule has 0 bridgehead atoms. The molecule has 0 radical (unpaired) electrons. The zero-order valence-electron chi connectivity index (χ0n) is 15.5. The lowest BCUT2D eigenvalue weighted by Crippen LogP contribution is -2.42. The van der Waals surface area contributed by atoms with Crippen LogP contribution in [0.1, 0.15) is 24.5 Å². The predicted octanol–water partition coefficient (Wildman–Crippen LogP) is 1.42. The zero-order chi connectivity index (χ0) is 19.0. The quantitative estimate of drug-likeness (QED) is 0.537. The Morgan fingerprint density at radius 2 is 2.00 bits per heavy atom. The molecule has 0 aliphatic carbocycles. The Hall–Kier alpha value is -2.35. The molecule has 1 unspecified atom stereocenters. The highest BCUT2D eigenvalue weighted by atomic mass is 32.2. The second-order valence-corrected chi connectivity index (χ2v) is 8.68. The lowest BCUT2D eigenvalue weighted by Gasteiger charge is -2.17. The van der Waals surface area contributed by atoms with Gasteiger partial charge in [-0.05, 0) is 18.9 Å². The van der Waals surface area contributed by atoms with Crippen molar-refractivity contribution in [3.8, 4) is 0 Å². The number of benzene rings is 1. The first-order valence-corrected chi connectivity index (χ1v) is 10.6. The molecule has 26 heavy (non-hydrogen) atoms. The maximum Gasteiger partial charge on any atom is 0.191 e. The van der Waals surface area contributed by atoms with Gasteiger partial charge in [-0.1, -0.05) is 30.3 Å². The summed E-state index contributed by atoms with van der Waals surface area (Å²) >= 11 is 0. The van der Waals surface area contributed by atoms with Crippen LogP contribution in [-0.4, -0.2) is 49.3 Å². The van der Waals surface area contributed by atoms with Gasteiger partial charge in [0, 0.05) is 37.7 Å². The van der Waals surface area contributed by atoms with Crippen LogP contribution in [0, 0.1) is 0 Å². The summed E-state index contributed by atoms with van der Waals surface area (Å²) in [6, 6.07) is 10.2. The third kappa shape index (κ3) is 7.26. The van der Waals surface area contributed by atoms with Gasteiger partial charge in [-0.2, -0.15) is 5.10 Å². The van der Waals surface area contributed by atoms with Gasteiger partial charge in [0.2, 0.25) is 0 Å². The highest BCUT2D eigenvalue weighted by Gasteiger charge is 2.09. The van der Waals surface area contributed by atoms with Gasteiger partial charge in [-0.15, -0.1) is 0 Å². The van der Waals surface area contributed by atoms with Gasteiger partial charge in [-0.25, -0.2) is 8.42 Å². The number of guanidine groups is 1. The summed E-state index contributed by atoms with van der Waals surface area (Å²) in [5, 5.41) is 10.8. The molecule has 1 atom stereocenters. The summed E-state index contributed by atoms with van der Waals surface area (Å²) < 4.78 is 24.4. The summed E-state index contributed by atoms with van der Waals surface area (Å²) in [7, 11) is -1.26.